The molecule has 5 heteroatoms. The molecule has 2 fully saturated rings. The van der Waals surface area contributed by atoms with E-state index in [2.05, 4.69) is 0 Å². The Morgan fingerprint density at radius 1 is 1.37 bits per heavy atom. The molecular weight excluding hydrogens is 246 g/mol. The van der Waals surface area contributed by atoms with Gasteiger partial charge in [0.25, 0.3) is 0 Å². The summed E-state index contributed by atoms with van der Waals surface area (Å²) in [5.74, 6) is -0.186. The van der Waals surface area contributed by atoms with Crippen LogP contribution in [0, 0.1) is 11.3 Å². The molecule has 108 valence electrons. The van der Waals surface area contributed by atoms with Crippen LogP contribution in [0.3, 0.4) is 0 Å². The van der Waals surface area contributed by atoms with Gasteiger partial charge >= 0.3 is 5.97 Å². The van der Waals surface area contributed by atoms with Crippen LogP contribution in [0.2, 0.25) is 0 Å². The van der Waals surface area contributed by atoms with Crippen molar-refractivity contribution >= 4 is 11.9 Å². The summed E-state index contributed by atoms with van der Waals surface area (Å²) < 4.78 is 5.49. The zero-order chi connectivity index (χ0) is 13.9. The van der Waals surface area contributed by atoms with Crippen LogP contribution in [0.4, 0.5) is 0 Å². The third kappa shape index (κ3) is 3.69. The second-order valence-electron chi connectivity index (χ2n) is 5.95. The Labute approximate surface area is 113 Å². The van der Waals surface area contributed by atoms with Crippen LogP contribution in [0.25, 0.3) is 0 Å². The number of carbonyl (C=O) groups is 2. The van der Waals surface area contributed by atoms with Crippen LogP contribution in [0.5, 0.6) is 0 Å². The van der Waals surface area contributed by atoms with E-state index < -0.39 is 11.4 Å². The topological polar surface area (TPSA) is 66.8 Å². The minimum absolute atomic E-state index is 0.0860. The highest BCUT2D eigenvalue weighted by molar-refractivity contribution is 5.85. The summed E-state index contributed by atoms with van der Waals surface area (Å²) in [5, 5.41) is 9.20. The van der Waals surface area contributed by atoms with E-state index in [4.69, 9.17) is 4.74 Å². The third-order valence-electron chi connectivity index (χ3n) is 4.30. The normalized spacial score (nSPS) is 20.7. The van der Waals surface area contributed by atoms with Crippen LogP contribution < -0.4 is 0 Å². The Morgan fingerprint density at radius 2 is 2.05 bits per heavy atom. The van der Waals surface area contributed by atoms with Gasteiger partial charge in [0.05, 0.1) is 12.0 Å². The Bertz CT molecular complexity index is 347. The molecule has 0 aliphatic heterocycles. The Balaban J connectivity index is 1.67. The zero-order valence-electron chi connectivity index (χ0n) is 11.6. The number of carboxylic acids is 1. The minimum Gasteiger partial charge on any atom is -0.481 e. The average Bonchev–Trinajstić information content (AvgIpc) is 3.12. The number of nitrogens with zero attached hydrogens (tertiary/aromatic N) is 1. The van der Waals surface area contributed by atoms with Crippen molar-refractivity contribution in [3.05, 3.63) is 0 Å². The first-order valence-electron chi connectivity index (χ1n) is 7.09. The number of amides is 1. The lowest BCUT2D eigenvalue weighted by atomic mass is 9.66. The SMILES string of the molecule is CN(CCOCC1CC1)C(=O)CC1(C(=O)O)CCC1. The molecule has 0 bridgehead atoms. The number of hydrogen-bond acceptors (Lipinski definition) is 3. The Morgan fingerprint density at radius 3 is 2.53 bits per heavy atom. The van der Waals surface area contributed by atoms with Crippen molar-refractivity contribution in [1.82, 2.24) is 4.90 Å². The van der Waals surface area contributed by atoms with Gasteiger partial charge < -0.3 is 14.7 Å². The largest absolute Gasteiger partial charge is 0.481 e. The van der Waals surface area contributed by atoms with E-state index in [-0.39, 0.29) is 12.3 Å². The maximum atomic E-state index is 12.0. The summed E-state index contributed by atoms with van der Waals surface area (Å²) in [6.07, 6.45) is 4.81. The van der Waals surface area contributed by atoms with Crippen LogP contribution in [-0.4, -0.2) is 48.7 Å². The first kappa shape index (κ1) is 14.3. The quantitative estimate of drug-likeness (QED) is 0.678. The summed E-state index contributed by atoms with van der Waals surface area (Å²) in [6, 6.07) is 0. The van der Waals surface area contributed by atoms with Crippen molar-refractivity contribution in [3.8, 4) is 0 Å². The van der Waals surface area contributed by atoms with Crippen molar-refractivity contribution in [2.75, 3.05) is 26.8 Å². The number of carbonyl (C=O) groups excluding carboxylic acids is 1. The van der Waals surface area contributed by atoms with E-state index in [0.717, 1.165) is 18.9 Å². The van der Waals surface area contributed by atoms with Crippen LogP contribution >= 0.6 is 0 Å². The molecule has 5 nitrogen and oxygen atoms in total. The van der Waals surface area contributed by atoms with Crippen LogP contribution in [0.1, 0.15) is 38.5 Å². The highest BCUT2D eigenvalue weighted by atomic mass is 16.5. The van der Waals surface area contributed by atoms with Crippen LogP contribution in [0.15, 0.2) is 0 Å². The third-order valence-corrected chi connectivity index (χ3v) is 4.30. The van der Waals surface area contributed by atoms with Crippen LogP contribution in [-0.2, 0) is 14.3 Å². The van der Waals surface area contributed by atoms with Gasteiger partial charge in [-0.05, 0) is 31.6 Å². The molecule has 0 unspecified atom stereocenters. The fraction of sp³-hybridized carbons (Fsp3) is 0.857. The summed E-state index contributed by atoms with van der Waals surface area (Å²) in [7, 11) is 1.72. The fourth-order valence-corrected chi connectivity index (χ4v) is 2.35. The fourth-order valence-electron chi connectivity index (χ4n) is 2.35. The number of carboxylic acid groups (broad SMARTS) is 1. The number of likely N-dealkylation sites (N-methyl/N-ethyl adjacent to an activating group) is 1. The van der Waals surface area contributed by atoms with E-state index >= 15 is 0 Å². The molecule has 2 aliphatic carbocycles. The number of ether oxygens (including phenoxy) is 1. The summed E-state index contributed by atoms with van der Waals surface area (Å²) in [4.78, 5) is 24.8. The van der Waals surface area contributed by atoms with E-state index in [1.807, 2.05) is 0 Å². The molecule has 0 saturated heterocycles. The van der Waals surface area contributed by atoms with Gasteiger partial charge in [-0.25, -0.2) is 0 Å². The monoisotopic (exact) mass is 269 g/mol. The predicted octanol–water partition coefficient (Wildman–Crippen LogP) is 1.52. The van der Waals surface area contributed by atoms with Gasteiger partial charge in [0.2, 0.25) is 5.91 Å². The molecule has 0 aromatic carbocycles. The summed E-state index contributed by atoms with van der Waals surface area (Å²) in [6.45, 7) is 1.88. The zero-order valence-corrected chi connectivity index (χ0v) is 11.6. The molecule has 0 spiro atoms. The standard InChI is InChI=1S/C14H23NO4/c1-15(7-8-19-10-11-3-4-11)12(16)9-14(13(17)18)5-2-6-14/h11H,2-10H2,1H3,(H,17,18). The number of aliphatic carboxylic acids is 1. The number of rotatable bonds is 8. The van der Waals surface area contributed by atoms with Crippen molar-refractivity contribution in [3.63, 3.8) is 0 Å². The van der Waals surface area contributed by atoms with Gasteiger partial charge in [0.1, 0.15) is 0 Å². The number of hydrogen-bond donors (Lipinski definition) is 1. The molecule has 0 atom stereocenters. The molecule has 1 amide bonds. The Kier molecular flexibility index (Phi) is 4.45. The molecule has 2 rings (SSSR count). The van der Waals surface area contributed by atoms with Gasteiger partial charge in [0.15, 0.2) is 0 Å². The molecule has 1 N–H and O–H groups in total. The minimum atomic E-state index is -0.828. The Hall–Kier alpha value is -1.10. The summed E-state index contributed by atoms with van der Waals surface area (Å²) >= 11 is 0. The van der Waals surface area contributed by atoms with E-state index in [1.54, 1.807) is 11.9 Å². The molecule has 0 aromatic rings. The first-order chi connectivity index (χ1) is 9.03. The van der Waals surface area contributed by atoms with Crippen molar-refractivity contribution in [1.29, 1.82) is 0 Å². The van der Waals surface area contributed by atoms with Crippen molar-refractivity contribution in [2.45, 2.75) is 38.5 Å². The molecular formula is C14H23NO4. The lowest BCUT2D eigenvalue weighted by molar-refractivity contribution is -0.159. The van der Waals surface area contributed by atoms with Gasteiger partial charge in [0, 0.05) is 26.6 Å². The maximum Gasteiger partial charge on any atom is 0.310 e. The molecule has 2 aliphatic rings. The maximum absolute atomic E-state index is 12.0. The summed E-state index contributed by atoms with van der Waals surface area (Å²) in [5.41, 5.74) is -0.791. The van der Waals surface area contributed by atoms with E-state index in [9.17, 15) is 14.7 Å². The second kappa shape index (κ2) is 5.90. The average molecular weight is 269 g/mol. The van der Waals surface area contributed by atoms with Crippen molar-refractivity contribution < 1.29 is 19.4 Å². The van der Waals surface area contributed by atoms with Crippen molar-refractivity contribution in [2.24, 2.45) is 11.3 Å². The lowest BCUT2D eigenvalue weighted by Gasteiger charge is -2.37. The molecule has 0 radical (unpaired) electrons. The highest BCUT2D eigenvalue weighted by Crippen LogP contribution is 2.44. The van der Waals surface area contributed by atoms with Gasteiger partial charge in [-0.1, -0.05) is 6.42 Å². The predicted molar refractivity (Wildman–Crippen MR) is 69.7 cm³/mol. The van der Waals surface area contributed by atoms with Gasteiger partial charge in [-0.15, -0.1) is 0 Å². The molecule has 2 saturated carbocycles. The van der Waals surface area contributed by atoms with E-state index in [1.165, 1.54) is 12.8 Å². The van der Waals surface area contributed by atoms with Gasteiger partial charge in [-0.3, -0.25) is 9.59 Å². The van der Waals surface area contributed by atoms with E-state index in [0.29, 0.717) is 26.0 Å². The highest BCUT2D eigenvalue weighted by Gasteiger charge is 2.46. The lowest BCUT2D eigenvalue weighted by Crippen LogP contribution is -2.43. The second-order valence-corrected chi connectivity index (χ2v) is 5.95. The molecule has 0 aromatic heterocycles. The first-order valence-corrected chi connectivity index (χ1v) is 7.09. The van der Waals surface area contributed by atoms with Gasteiger partial charge in [-0.2, -0.15) is 0 Å². The molecule has 19 heavy (non-hydrogen) atoms. The molecule has 0 heterocycles. The smallest absolute Gasteiger partial charge is 0.310 e.